The van der Waals surface area contributed by atoms with Crippen molar-refractivity contribution in [3.63, 3.8) is 0 Å². The van der Waals surface area contributed by atoms with Gasteiger partial charge in [0.05, 0.1) is 6.10 Å². The van der Waals surface area contributed by atoms with Crippen LogP contribution in [0.1, 0.15) is 44.8 Å². The van der Waals surface area contributed by atoms with Crippen molar-refractivity contribution in [2.75, 3.05) is 18.0 Å². The Balaban J connectivity index is 2.03. The normalized spacial score (nSPS) is 21.8. The zero-order valence-electron chi connectivity index (χ0n) is 10.9. The highest BCUT2D eigenvalue weighted by Crippen LogP contribution is 2.27. The smallest absolute Gasteiger partial charge is 0.0787 e. The molecule has 1 aromatic carbocycles. The van der Waals surface area contributed by atoms with Crippen molar-refractivity contribution < 1.29 is 5.11 Å². The molecule has 1 fully saturated rings. The average molecular weight is 233 g/mol. The van der Waals surface area contributed by atoms with Gasteiger partial charge in [-0.15, -0.1) is 0 Å². The third-order valence-corrected chi connectivity index (χ3v) is 3.89. The summed E-state index contributed by atoms with van der Waals surface area (Å²) in [5, 5.41) is 9.75. The summed E-state index contributed by atoms with van der Waals surface area (Å²) < 4.78 is 0. The highest BCUT2D eigenvalue weighted by Gasteiger charge is 2.21. The molecule has 1 aromatic rings. The van der Waals surface area contributed by atoms with E-state index >= 15 is 0 Å². The molecule has 0 aromatic heterocycles. The van der Waals surface area contributed by atoms with Gasteiger partial charge in [-0.1, -0.05) is 32.4 Å². The first-order valence-electron chi connectivity index (χ1n) is 6.77. The number of hydrogen-bond donors (Lipinski definition) is 1. The Hall–Kier alpha value is -1.02. The lowest BCUT2D eigenvalue weighted by molar-refractivity contribution is 0.173. The second kappa shape index (κ2) is 5.54. The van der Waals surface area contributed by atoms with Crippen LogP contribution >= 0.6 is 0 Å². The molecule has 1 aliphatic heterocycles. The zero-order valence-corrected chi connectivity index (χ0v) is 10.9. The number of anilines is 1. The topological polar surface area (TPSA) is 23.5 Å². The minimum atomic E-state index is -0.314. The van der Waals surface area contributed by atoms with Gasteiger partial charge in [-0.2, -0.15) is 0 Å². The third kappa shape index (κ3) is 2.81. The van der Waals surface area contributed by atoms with Crippen LogP contribution in [0.4, 0.5) is 5.69 Å². The van der Waals surface area contributed by atoms with Gasteiger partial charge >= 0.3 is 0 Å². The number of rotatable bonds is 4. The van der Waals surface area contributed by atoms with Gasteiger partial charge in [-0.3, -0.25) is 0 Å². The SMILES string of the molecule is CCC1CCN(c2ccc([C@@H](O)CC)cc2)C1. The van der Waals surface area contributed by atoms with Gasteiger partial charge in [-0.25, -0.2) is 0 Å². The number of hydrogen-bond acceptors (Lipinski definition) is 2. The molecule has 17 heavy (non-hydrogen) atoms. The van der Waals surface area contributed by atoms with Gasteiger partial charge in [0.1, 0.15) is 0 Å². The Morgan fingerprint density at radius 2 is 2.00 bits per heavy atom. The van der Waals surface area contributed by atoms with Crippen molar-refractivity contribution in [2.45, 2.75) is 39.2 Å². The van der Waals surface area contributed by atoms with E-state index in [1.807, 2.05) is 6.92 Å². The average Bonchev–Trinajstić information content (AvgIpc) is 2.87. The van der Waals surface area contributed by atoms with E-state index in [9.17, 15) is 5.11 Å². The molecule has 1 saturated heterocycles. The van der Waals surface area contributed by atoms with Crippen molar-refractivity contribution in [1.82, 2.24) is 0 Å². The predicted molar refractivity (Wildman–Crippen MR) is 72.3 cm³/mol. The van der Waals surface area contributed by atoms with Crippen molar-refractivity contribution in [3.8, 4) is 0 Å². The van der Waals surface area contributed by atoms with Crippen LogP contribution in [0.2, 0.25) is 0 Å². The molecule has 1 N–H and O–H groups in total. The maximum absolute atomic E-state index is 9.75. The van der Waals surface area contributed by atoms with Crippen LogP contribution in [0.25, 0.3) is 0 Å². The number of aliphatic hydroxyl groups excluding tert-OH is 1. The van der Waals surface area contributed by atoms with E-state index < -0.39 is 0 Å². The lowest BCUT2D eigenvalue weighted by Gasteiger charge is -2.19. The second-order valence-electron chi connectivity index (χ2n) is 5.02. The fourth-order valence-corrected chi connectivity index (χ4v) is 2.54. The Morgan fingerprint density at radius 3 is 2.53 bits per heavy atom. The Labute approximate surface area is 104 Å². The summed E-state index contributed by atoms with van der Waals surface area (Å²) in [6.07, 6.45) is 3.06. The molecule has 0 spiro atoms. The molecule has 0 radical (unpaired) electrons. The summed E-state index contributed by atoms with van der Waals surface area (Å²) in [6, 6.07) is 8.41. The molecular weight excluding hydrogens is 210 g/mol. The fraction of sp³-hybridized carbons (Fsp3) is 0.600. The van der Waals surface area contributed by atoms with E-state index in [2.05, 4.69) is 36.1 Å². The second-order valence-corrected chi connectivity index (χ2v) is 5.02. The van der Waals surface area contributed by atoms with Crippen molar-refractivity contribution in [1.29, 1.82) is 0 Å². The maximum Gasteiger partial charge on any atom is 0.0787 e. The van der Waals surface area contributed by atoms with Crippen molar-refractivity contribution in [3.05, 3.63) is 29.8 Å². The van der Waals surface area contributed by atoms with Crippen LogP contribution in [0.5, 0.6) is 0 Å². The van der Waals surface area contributed by atoms with Crippen LogP contribution in [-0.4, -0.2) is 18.2 Å². The molecule has 2 nitrogen and oxygen atoms in total. The molecule has 1 heterocycles. The summed E-state index contributed by atoms with van der Waals surface area (Å²) >= 11 is 0. The van der Waals surface area contributed by atoms with E-state index in [1.54, 1.807) is 0 Å². The van der Waals surface area contributed by atoms with E-state index in [0.717, 1.165) is 17.9 Å². The summed E-state index contributed by atoms with van der Waals surface area (Å²) in [7, 11) is 0. The largest absolute Gasteiger partial charge is 0.388 e. The molecule has 0 amide bonds. The summed E-state index contributed by atoms with van der Waals surface area (Å²) in [4.78, 5) is 2.45. The number of benzene rings is 1. The number of aliphatic hydroxyl groups is 1. The highest BCUT2D eigenvalue weighted by atomic mass is 16.3. The van der Waals surface area contributed by atoms with Gasteiger partial charge in [0, 0.05) is 18.8 Å². The first kappa shape index (κ1) is 12.4. The lowest BCUT2D eigenvalue weighted by Crippen LogP contribution is -2.19. The van der Waals surface area contributed by atoms with Crippen molar-refractivity contribution >= 4 is 5.69 Å². The maximum atomic E-state index is 9.75. The quantitative estimate of drug-likeness (QED) is 0.862. The van der Waals surface area contributed by atoms with Crippen LogP contribution in [-0.2, 0) is 0 Å². The third-order valence-electron chi connectivity index (χ3n) is 3.89. The molecule has 0 aliphatic carbocycles. The van der Waals surface area contributed by atoms with E-state index in [4.69, 9.17) is 0 Å². The van der Waals surface area contributed by atoms with Crippen molar-refractivity contribution in [2.24, 2.45) is 5.92 Å². The van der Waals surface area contributed by atoms with Crippen LogP contribution < -0.4 is 4.90 Å². The first-order chi connectivity index (χ1) is 8.24. The fourth-order valence-electron chi connectivity index (χ4n) is 2.54. The molecule has 94 valence electrons. The molecule has 0 saturated carbocycles. The number of nitrogens with zero attached hydrogens (tertiary/aromatic N) is 1. The van der Waals surface area contributed by atoms with Gasteiger partial charge in [-0.05, 0) is 36.5 Å². The molecular formula is C15H23NO. The van der Waals surface area contributed by atoms with E-state index in [-0.39, 0.29) is 6.10 Å². The van der Waals surface area contributed by atoms with Crippen LogP contribution in [0.15, 0.2) is 24.3 Å². The van der Waals surface area contributed by atoms with Gasteiger partial charge in [0.2, 0.25) is 0 Å². The molecule has 1 aliphatic rings. The Bertz CT molecular complexity index is 346. The Kier molecular flexibility index (Phi) is 4.06. The summed E-state index contributed by atoms with van der Waals surface area (Å²) in [5.74, 6) is 0.857. The molecule has 2 atom stereocenters. The molecule has 2 heteroatoms. The summed E-state index contributed by atoms with van der Waals surface area (Å²) in [6.45, 7) is 6.64. The lowest BCUT2D eigenvalue weighted by atomic mass is 10.1. The first-order valence-corrected chi connectivity index (χ1v) is 6.77. The van der Waals surface area contributed by atoms with Crippen LogP contribution in [0, 0.1) is 5.92 Å². The van der Waals surface area contributed by atoms with E-state index in [0.29, 0.717) is 0 Å². The predicted octanol–water partition coefficient (Wildman–Crippen LogP) is 3.37. The summed E-state index contributed by atoms with van der Waals surface area (Å²) in [5.41, 5.74) is 2.33. The minimum Gasteiger partial charge on any atom is -0.388 e. The van der Waals surface area contributed by atoms with Gasteiger partial charge < -0.3 is 10.0 Å². The molecule has 2 rings (SSSR count). The minimum absolute atomic E-state index is 0.314. The molecule has 1 unspecified atom stereocenters. The molecule has 0 bridgehead atoms. The van der Waals surface area contributed by atoms with Gasteiger partial charge in [0.25, 0.3) is 0 Å². The van der Waals surface area contributed by atoms with Gasteiger partial charge in [0.15, 0.2) is 0 Å². The zero-order chi connectivity index (χ0) is 12.3. The highest BCUT2D eigenvalue weighted by molar-refractivity contribution is 5.48. The standard InChI is InChI=1S/C15H23NO/c1-3-12-9-10-16(11-12)14-7-5-13(6-8-14)15(17)4-2/h5-8,12,15,17H,3-4,9-11H2,1-2H3/t12?,15-/m0/s1. The monoisotopic (exact) mass is 233 g/mol. The van der Waals surface area contributed by atoms with E-state index in [1.165, 1.54) is 31.6 Å². The van der Waals surface area contributed by atoms with Crippen LogP contribution in [0.3, 0.4) is 0 Å². The Morgan fingerprint density at radius 1 is 1.29 bits per heavy atom.